The van der Waals surface area contributed by atoms with Crippen molar-refractivity contribution in [3.05, 3.63) is 117 Å². The van der Waals surface area contributed by atoms with Crippen LogP contribution in [0.5, 0.6) is 0 Å². The zero-order valence-corrected chi connectivity index (χ0v) is 17.4. The van der Waals surface area contributed by atoms with Crippen LogP contribution in [0.1, 0.15) is 29.7 Å². The largest absolute Gasteiger partial charge is 0.388 e. The van der Waals surface area contributed by atoms with Gasteiger partial charge in [-0.15, -0.1) is 0 Å². The number of nitro benzene ring substituents is 1. The van der Waals surface area contributed by atoms with Crippen molar-refractivity contribution in [3.63, 3.8) is 0 Å². The molecule has 0 bridgehead atoms. The van der Waals surface area contributed by atoms with Crippen molar-refractivity contribution in [1.29, 1.82) is 0 Å². The van der Waals surface area contributed by atoms with Crippen LogP contribution in [0.25, 0.3) is 10.8 Å². The Morgan fingerprint density at radius 3 is 2.19 bits per heavy atom. The van der Waals surface area contributed by atoms with E-state index in [1.165, 1.54) is 12.1 Å². The Morgan fingerprint density at radius 2 is 1.52 bits per heavy atom. The molecule has 4 aromatic rings. The third kappa shape index (κ3) is 5.02. The molecular weight excluding hydrogens is 412 g/mol. The second-order valence-corrected chi connectivity index (χ2v) is 7.85. The summed E-state index contributed by atoms with van der Waals surface area (Å²) >= 11 is 6.05. The molecule has 0 amide bonds. The van der Waals surface area contributed by atoms with E-state index < -0.39 is 11.0 Å². The van der Waals surface area contributed by atoms with Crippen molar-refractivity contribution in [2.45, 2.75) is 18.6 Å². The third-order valence-electron chi connectivity index (χ3n) is 5.31. The minimum absolute atomic E-state index is 0.0322. The van der Waals surface area contributed by atoms with Gasteiger partial charge >= 0.3 is 0 Å². The first kappa shape index (κ1) is 20.8. The van der Waals surface area contributed by atoms with E-state index in [4.69, 9.17) is 11.6 Å². The molecule has 2 atom stereocenters. The molecule has 4 rings (SSSR count). The van der Waals surface area contributed by atoms with E-state index in [0.29, 0.717) is 11.4 Å². The number of halogens is 1. The summed E-state index contributed by atoms with van der Waals surface area (Å²) in [5, 5.41) is 28.2. The molecule has 0 aliphatic rings. The number of aliphatic hydroxyl groups is 1. The fourth-order valence-electron chi connectivity index (χ4n) is 3.63. The van der Waals surface area contributed by atoms with E-state index in [0.717, 1.165) is 27.6 Å². The SMILES string of the molecule is O=[N+]([O-])c1ccc(NC(CC(O)c2ccc3ccccc3c2)c2ccc(Cl)cc2)cc1. The molecule has 0 aliphatic heterocycles. The van der Waals surface area contributed by atoms with Gasteiger partial charge in [0, 0.05) is 29.3 Å². The maximum Gasteiger partial charge on any atom is 0.269 e. The topological polar surface area (TPSA) is 75.4 Å². The number of fused-ring (bicyclic) bond motifs is 1. The Kier molecular flexibility index (Phi) is 6.16. The van der Waals surface area contributed by atoms with Gasteiger partial charge < -0.3 is 10.4 Å². The highest BCUT2D eigenvalue weighted by molar-refractivity contribution is 6.30. The molecule has 0 heterocycles. The molecule has 6 heteroatoms. The molecular formula is C25H21ClN2O3. The zero-order valence-electron chi connectivity index (χ0n) is 16.6. The number of hydrogen-bond donors (Lipinski definition) is 2. The molecule has 0 radical (unpaired) electrons. The van der Waals surface area contributed by atoms with Crippen LogP contribution in [0.15, 0.2) is 91.0 Å². The zero-order chi connectivity index (χ0) is 21.8. The lowest BCUT2D eigenvalue weighted by Gasteiger charge is -2.24. The number of nitro groups is 1. The molecule has 31 heavy (non-hydrogen) atoms. The van der Waals surface area contributed by atoms with Crippen LogP contribution in [-0.4, -0.2) is 10.0 Å². The van der Waals surface area contributed by atoms with Gasteiger partial charge in [0.1, 0.15) is 0 Å². The van der Waals surface area contributed by atoms with E-state index in [9.17, 15) is 15.2 Å². The normalized spacial score (nSPS) is 13.0. The molecule has 0 saturated carbocycles. The summed E-state index contributed by atoms with van der Waals surface area (Å²) in [4.78, 5) is 10.5. The van der Waals surface area contributed by atoms with E-state index >= 15 is 0 Å². The van der Waals surface area contributed by atoms with Crippen LogP contribution in [0.4, 0.5) is 11.4 Å². The Morgan fingerprint density at radius 1 is 0.871 bits per heavy atom. The van der Waals surface area contributed by atoms with Gasteiger partial charge in [-0.3, -0.25) is 10.1 Å². The van der Waals surface area contributed by atoms with E-state index in [2.05, 4.69) is 5.32 Å². The molecule has 0 aromatic heterocycles. The number of rotatable bonds is 7. The lowest BCUT2D eigenvalue weighted by Crippen LogP contribution is -2.15. The van der Waals surface area contributed by atoms with Gasteiger partial charge in [0.05, 0.1) is 17.1 Å². The maximum absolute atomic E-state index is 11.0. The van der Waals surface area contributed by atoms with E-state index in [-0.39, 0.29) is 11.7 Å². The highest BCUT2D eigenvalue weighted by Crippen LogP contribution is 2.32. The van der Waals surface area contributed by atoms with Crippen molar-refractivity contribution < 1.29 is 10.0 Å². The lowest BCUT2D eigenvalue weighted by molar-refractivity contribution is -0.384. The minimum atomic E-state index is -0.698. The highest BCUT2D eigenvalue weighted by atomic mass is 35.5. The summed E-state index contributed by atoms with van der Waals surface area (Å²) in [6.45, 7) is 0. The Balaban J connectivity index is 1.59. The summed E-state index contributed by atoms with van der Waals surface area (Å²) in [5.41, 5.74) is 2.56. The van der Waals surface area contributed by atoms with Crippen LogP contribution in [0.2, 0.25) is 5.02 Å². The van der Waals surface area contributed by atoms with Gasteiger partial charge in [-0.2, -0.15) is 0 Å². The number of hydrogen-bond acceptors (Lipinski definition) is 4. The first-order valence-corrected chi connectivity index (χ1v) is 10.3. The van der Waals surface area contributed by atoms with Gasteiger partial charge in [-0.25, -0.2) is 0 Å². The summed E-state index contributed by atoms with van der Waals surface area (Å²) < 4.78 is 0. The Hall–Kier alpha value is -3.41. The number of anilines is 1. The molecule has 2 unspecified atom stereocenters. The fraction of sp³-hybridized carbons (Fsp3) is 0.120. The number of nitrogens with zero attached hydrogens (tertiary/aromatic N) is 1. The van der Waals surface area contributed by atoms with E-state index in [1.807, 2.05) is 66.7 Å². The summed E-state index contributed by atoms with van der Waals surface area (Å²) in [7, 11) is 0. The van der Waals surface area contributed by atoms with E-state index in [1.54, 1.807) is 12.1 Å². The maximum atomic E-state index is 11.0. The van der Waals surface area contributed by atoms with Gasteiger partial charge in [0.25, 0.3) is 5.69 Å². The molecule has 4 aromatic carbocycles. The molecule has 0 fully saturated rings. The molecule has 0 saturated heterocycles. The smallest absolute Gasteiger partial charge is 0.269 e. The van der Waals surface area contributed by atoms with Crippen LogP contribution in [-0.2, 0) is 0 Å². The Bertz CT molecular complexity index is 1190. The highest BCUT2D eigenvalue weighted by Gasteiger charge is 2.19. The molecule has 2 N–H and O–H groups in total. The second kappa shape index (κ2) is 9.16. The second-order valence-electron chi connectivity index (χ2n) is 7.41. The van der Waals surface area contributed by atoms with Crippen LogP contribution < -0.4 is 5.32 Å². The number of nitrogens with one attached hydrogen (secondary N) is 1. The predicted molar refractivity (Wildman–Crippen MR) is 124 cm³/mol. The summed E-state index contributed by atoms with van der Waals surface area (Å²) in [5.74, 6) is 0. The quantitative estimate of drug-likeness (QED) is 0.252. The predicted octanol–water partition coefficient (Wildman–Crippen LogP) is 6.68. The number of aliphatic hydroxyl groups excluding tert-OH is 1. The number of non-ortho nitro benzene ring substituents is 1. The average Bonchev–Trinajstić information content (AvgIpc) is 2.79. The Labute approximate surface area is 185 Å². The monoisotopic (exact) mass is 432 g/mol. The van der Waals surface area contributed by atoms with Crippen LogP contribution >= 0.6 is 11.6 Å². The van der Waals surface area contributed by atoms with Crippen LogP contribution in [0.3, 0.4) is 0 Å². The van der Waals surface area contributed by atoms with Crippen LogP contribution in [0, 0.1) is 10.1 Å². The van der Waals surface area contributed by atoms with Crippen molar-refractivity contribution in [2.24, 2.45) is 0 Å². The molecule has 0 spiro atoms. The lowest BCUT2D eigenvalue weighted by atomic mass is 9.95. The van der Waals surface area contributed by atoms with Crippen molar-refractivity contribution >= 4 is 33.7 Å². The number of benzene rings is 4. The van der Waals surface area contributed by atoms with Gasteiger partial charge in [0.2, 0.25) is 0 Å². The fourth-order valence-corrected chi connectivity index (χ4v) is 3.75. The van der Waals surface area contributed by atoms with Crippen molar-refractivity contribution in [3.8, 4) is 0 Å². The van der Waals surface area contributed by atoms with Crippen molar-refractivity contribution in [1.82, 2.24) is 0 Å². The molecule has 5 nitrogen and oxygen atoms in total. The first-order valence-electron chi connectivity index (χ1n) is 9.93. The first-order chi connectivity index (χ1) is 15.0. The summed E-state index contributed by atoms with van der Waals surface area (Å²) in [6, 6.07) is 27.5. The molecule has 0 aliphatic carbocycles. The third-order valence-corrected chi connectivity index (χ3v) is 5.56. The average molecular weight is 433 g/mol. The van der Waals surface area contributed by atoms with Gasteiger partial charge in [-0.1, -0.05) is 60.1 Å². The standard InChI is InChI=1S/C25H21ClN2O3/c26-21-9-7-18(8-10-21)24(27-22-11-13-23(14-12-22)28(30)31)16-25(29)20-6-5-17-3-1-2-4-19(17)15-20/h1-15,24-25,27,29H,16H2. The van der Waals surface area contributed by atoms with Gasteiger partial charge in [-0.05, 0) is 52.2 Å². The minimum Gasteiger partial charge on any atom is -0.388 e. The van der Waals surface area contributed by atoms with Gasteiger partial charge in [0.15, 0.2) is 0 Å². The van der Waals surface area contributed by atoms with Crippen molar-refractivity contribution in [2.75, 3.05) is 5.32 Å². The summed E-state index contributed by atoms with van der Waals surface area (Å²) in [6.07, 6.45) is -0.285. The molecule has 156 valence electrons.